The van der Waals surface area contributed by atoms with E-state index in [4.69, 9.17) is 0 Å². The van der Waals surface area contributed by atoms with Crippen LogP contribution in [0.15, 0.2) is 41.2 Å². The van der Waals surface area contributed by atoms with Gasteiger partial charge in [-0.05, 0) is 43.0 Å². The van der Waals surface area contributed by atoms with Gasteiger partial charge >= 0.3 is 0 Å². The van der Waals surface area contributed by atoms with E-state index in [1.165, 1.54) is 37.1 Å². The van der Waals surface area contributed by atoms with Gasteiger partial charge in [0.1, 0.15) is 5.69 Å². The lowest BCUT2D eigenvalue weighted by atomic mass is 10.1. The Hall–Kier alpha value is -2.63. The molecular weight excluding hydrogens is 292 g/mol. The molecule has 0 saturated carbocycles. The van der Waals surface area contributed by atoms with Crippen LogP contribution in [0, 0.1) is 0 Å². The Morgan fingerprint density at radius 1 is 1.09 bits per heavy atom. The fourth-order valence-corrected chi connectivity index (χ4v) is 2.72. The summed E-state index contributed by atoms with van der Waals surface area (Å²) in [6.07, 6.45) is 3.83. The van der Waals surface area contributed by atoms with Crippen LogP contribution in [-0.4, -0.2) is 29.2 Å². The average molecular weight is 312 g/mol. The van der Waals surface area contributed by atoms with Crippen LogP contribution in [0.3, 0.4) is 0 Å². The summed E-state index contributed by atoms with van der Waals surface area (Å²) in [5.41, 5.74) is 2.15. The van der Waals surface area contributed by atoms with Crippen LogP contribution in [0.5, 0.6) is 0 Å². The second-order valence-electron chi connectivity index (χ2n) is 5.70. The van der Waals surface area contributed by atoms with E-state index in [1.807, 2.05) is 12.1 Å². The summed E-state index contributed by atoms with van der Waals surface area (Å²) in [7, 11) is 0. The van der Waals surface area contributed by atoms with Crippen molar-refractivity contribution in [2.45, 2.75) is 25.8 Å². The van der Waals surface area contributed by atoms with Crippen molar-refractivity contribution in [3.63, 3.8) is 0 Å². The number of rotatable bonds is 4. The number of carbonyl (C=O) groups is 1. The molecule has 1 aromatic heterocycles. The maximum atomic E-state index is 11.9. The number of hydrogen-bond acceptors (Lipinski definition) is 4. The van der Waals surface area contributed by atoms with Crippen molar-refractivity contribution in [3.8, 4) is 0 Å². The minimum absolute atomic E-state index is 0.203. The van der Waals surface area contributed by atoms with E-state index in [0.717, 1.165) is 18.7 Å². The number of nitrogens with zero attached hydrogens (tertiary/aromatic N) is 2. The lowest BCUT2D eigenvalue weighted by Gasteiger charge is -2.28. The molecule has 1 aliphatic rings. The Morgan fingerprint density at radius 2 is 1.83 bits per heavy atom. The number of nitrogens with one attached hydrogen (secondary N) is 2. The Morgan fingerprint density at radius 3 is 2.48 bits per heavy atom. The summed E-state index contributed by atoms with van der Waals surface area (Å²) in [6.45, 7) is 2.67. The van der Waals surface area contributed by atoms with Gasteiger partial charge < -0.3 is 10.2 Å². The van der Waals surface area contributed by atoms with E-state index in [0.29, 0.717) is 6.54 Å². The largest absolute Gasteiger partial charge is 0.372 e. The van der Waals surface area contributed by atoms with Gasteiger partial charge in [0, 0.05) is 31.4 Å². The number of anilines is 1. The highest BCUT2D eigenvalue weighted by Crippen LogP contribution is 2.20. The Labute approximate surface area is 134 Å². The lowest BCUT2D eigenvalue weighted by Crippen LogP contribution is -2.29. The third kappa shape index (κ3) is 3.97. The second-order valence-corrected chi connectivity index (χ2v) is 5.70. The average Bonchev–Trinajstić information content (AvgIpc) is 2.61. The van der Waals surface area contributed by atoms with Crippen molar-refractivity contribution in [1.29, 1.82) is 0 Å². The van der Waals surface area contributed by atoms with Gasteiger partial charge in [0.2, 0.25) is 0 Å². The first kappa shape index (κ1) is 15.3. The van der Waals surface area contributed by atoms with Gasteiger partial charge in [-0.15, -0.1) is 0 Å². The molecule has 2 aromatic rings. The fraction of sp³-hybridized carbons (Fsp3) is 0.353. The summed E-state index contributed by atoms with van der Waals surface area (Å²) in [5.74, 6) is -0.304. The minimum atomic E-state index is -0.324. The first-order chi connectivity index (χ1) is 11.2. The van der Waals surface area contributed by atoms with E-state index >= 15 is 0 Å². The van der Waals surface area contributed by atoms with Crippen LogP contribution in [-0.2, 0) is 6.54 Å². The van der Waals surface area contributed by atoms with Crippen molar-refractivity contribution in [3.05, 3.63) is 58.0 Å². The van der Waals surface area contributed by atoms with Crippen molar-refractivity contribution < 1.29 is 4.79 Å². The van der Waals surface area contributed by atoms with Gasteiger partial charge in [0.05, 0.1) is 0 Å². The van der Waals surface area contributed by atoms with Crippen LogP contribution in [0.25, 0.3) is 0 Å². The van der Waals surface area contributed by atoms with E-state index in [1.54, 1.807) is 0 Å². The van der Waals surface area contributed by atoms with E-state index in [2.05, 4.69) is 32.5 Å². The predicted octanol–water partition coefficient (Wildman–Crippen LogP) is 1.69. The number of amides is 1. The van der Waals surface area contributed by atoms with E-state index in [9.17, 15) is 9.59 Å². The summed E-state index contributed by atoms with van der Waals surface area (Å²) in [5, 5.41) is 8.76. The molecule has 1 aromatic carbocycles. The zero-order valence-corrected chi connectivity index (χ0v) is 12.9. The second kappa shape index (κ2) is 7.09. The molecule has 120 valence electrons. The first-order valence-electron chi connectivity index (χ1n) is 7.90. The minimum Gasteiger partial charge on any atom is -0.372 e. The van der Waals surface area contributed by atoms with Gasteiger partial charge in [0.15, 0.2) is 0 Å². The Kier molecular flexibility index (Phi) is 4.71. The van der Waals surface area contributed by atoms with Crippen LogP contribution in [0.4, 0.5) is 5.69 Å². The fourth-order valence-electron chi connectivity index (χ4n) is 2.72. The van der Waals surface area contributed by atoms with Crippen molar-refractivity contribution in [2.24, 2.45) is 0 Å². The topological polar surface area (TPSA) is 78.1 Å². The van der Waals surface area contributed by atoms with Gasteiger partial charge in [-0.1, -0.05) is 12.1 Å². The molecule has 1 amide bonds. The van der Waals surface area contributed by atoms with Crippen molar-refractivity contribution in [2.75, 3.05) is 18.0 Å². The molecule has 0 aliphatic carbocycles. The highest BCUT2D eigenvalue weighted by atomic mass is 16.2. The molecule has 2 heterocycles. The SMILES string of the molecule is O=C(NCc1ccc(N2CCCCC2)cc1)c1ccc(=O)[nH]n1. The van der Waals surface area contributed by atoms with E-state index in [-0.39, 0.29) is 17.2 Å². The highest BCUT2D eigenvalue weighted by Gasteiger charge is 2.11. The third-order valence-corrected chi connectivity index (χ3v) is 4.02. The number of aromatic amines is 1. The summed E-state index contributed by atoms with van der Waals surface area (Å²) in [4.78, 5) is 25.3. The molecule has 1 aliphatic heterocycles. The van der Waals surface area contributed by atoms with Crippen LogP contribution in [0.1, 0.15) is 35.3 Å². The zero-order valence-electron chi connectivity index (χ0n) is 12.9. The molecule has 2 N–H and O–H groups in total. The summed E-state index contributed by atoms with van der Waals surface area (Å²) in [6, 6.07) is 11.0. The summed E-state index contributed by atoms with van der Waals surface area (Å²) < 4.78 is 0. The third-order valence-electron chi connectivity index (χ3n) is 4.02. The Balaban J connectivity index is 1.56. The molecule has 1 saturated heterocycles. The molecule has 23 heavy (non-hydrogen) atoms. The van der Waals surface area contributed by atoms with Gasteiger partial charge in [0.25, 0.3) is 11.5 Å². The Bertz CT molecular complexity index is 698. The molecule has 0 unspecified atom stereocenters. The van der Waals surface area contributed by atoms with Crippen LogP contribution < -0.4 is 15.8 Å². The monoisotopic (exact) mass is 312 g/mol. The number of hydrogen-bond donors (Lipinski definition) is 2. The smallest absolute Gasteiger partial charge is 0.271 e. The van der Waals surface area contributed by atoms with Gasteiger partial charge in [-0.25, -0.2) is 5.10 Å². The summed E-state index contributed by atoms with van der Waals surface area (Å²) >= 11 is 0. The molecule has 6 nitrogen and oxygen atoms in total. The normalized spacial score (nSPS) is 14.5. The first-order valence-corrected chi connectivity index (χ1v) is 7.90. The van der Waals surface area contributed by atoms with Gasteiger partial charge in [-0.2, -0.15) is 5.10 Å². The molecule has 6 heteroatoms. The molecule has 0 radical (unpaired) electrons. The molecule has 3 rings (SSSR count). The van der Waals surface area contributed by atoms with Crippen molar-refractivity contribution in [1.82, 2.24) is 15.5 Å². The zero-order chi connectivity index (χ0) is 16.1. The van der Waals surface area contributed by atoms with E-state index < -0.39 is 0 Å². The lowest BCUT2D eigenvalue weighted by molar-refractivity contribution is 0.0945. The number of aromatic nitrogens is 2. The number of piperidine rings is 1. The molecule has 0 spiro atoms. The highest BCUT2D eigenvalue weighted by molar-refractivity contribution is 5.91. The quantitative estimate of drug-likeness (QED) is 0.900. The maximum absolute atomic E-state index is 11.9. The molecule has 1 fully saturated rings. The number of carbonyl (C=O) groups excluding carboxylic acids is 1. The number of benzene rings is 1. The molecule has 0 bridgehead atoms. The standard InChI is InChI=1S/C17H20N4O2/c22-16-9-8-15(19-20-16)17(23)18-12-13-4-6-14(7-5-13)21-10-2-1-3-11-21/h4-9H,1-3,10-12H2,(H,18,23)(H,20,22). The molecular formula is C17H20N4O2. The van der Waals surface area contributed by atoms with Crippen LogP contribution in [0.2, 0.25) is 0 Å². The number of H-pyrrole nitrogens is 1. The molecule has 0 atom stereocenters. The van der Waals surface area contributed by atoms with Gasteiger partial charge in [-0.3, -0.25) is 9.59 Å². The van der Waals surface area contributed by atoms with Crippen LogP contribution >= 0.6 is 0 Å². The van der Waals surface area contributed by atoms with Crippen molar-refractivity contribution >= 4 is 11.6 Å². The predicted molar refractivity (Wildman–Crippen MR) is 88.5 cm³/mol. The maximum Gasteiger partial charge on any atom is 0.271 e.